The summed E-state index contributed by atoms with van der Waals surface area (Å²) < 4.78 is 2.64. The predicted octanol–water partition coefficient (Wildman–Crippen LogP) is 17.0. The van der Waals surface area contributed by atoms with Gasteiger partial charge >= 0.3 is 0 Å². The molecule has 0 saturated heterocycles. The standard InChI is InChI=1S/C58H39NS/c1-2-13-40(14-3-1)41-27-33-47(34-28-41)59(49-37-31-44(32-38-49)54-24-12-26-57-58(54)55-22-8-9-25-56(55)60-57)48-35-29-43(30-36-48)51-20-6-7-21-52(51)45-17-10-18-46(39-45)53-23-11-16-42-15-4-5-19-50(42)53/h1-39H. The molecule has 0 unspecified atom stereocenters. The minimum atomic E-state index is 1.10. The quantitative estimate of drug-likeness (QED) is 0.148. The van der Waals surface area contributed by atoms with Crippen LogP contribution in [0.2, 0.25) is 0 Å². The molecule has 0 spiro atoms. The third-order valence-electron chi connectivity index (χ3n) is 11.7. The number of rotatable bonds is 8. The first-order valence-corrected chi connectivity index (χ1v) is 21.3. The van der Waals surface area contributed by atoms with Crippen LogP contribution in [0.1, 0.15) is 0 Å². The molecule has 0 atom stereocenters. The summed E-state index contributed by atoms with van der Waals surface area (Å²) >= 11 is 1.86. The molecule has 0 radical (unpaired) electrons. The molecule has 0 fully saturated rings. The number of benzene rings is 10. The average Bonchev–Trinajstić information content (AvgIpc) is 3.72. The Morgan fingerprint density at radius 1 is 0.267 bits per heavy atom. The van der Waals surface area contributed by atoms with Crippen LogP contribution in [0.4, 0.5) is 17.1 Å². The van der Waals surface area contributed by atoms with Crippen LogP contribution in [-0.2, 0) is 0 Å². The maximum atomic E-state index is 2.36. The number of thiophene rings is 1. The lowest BCUT2D eigenvalue weighted by atomic mass is 9.91. The molecule has 0 saturated carbocycles. The Labute approximate surface area is 354 Å². The molecule has 0 amide bonds. The summed E-state index contributed by atoms with van der Waals surface area (Å²) in [5.41, 5.74) is 15.4. The minimum Gasteiger partial charge on any atom is -0.311 e. The van der Waals surface area contributed by atoms with Gasteiger partial charge < -0.3 is 4.90 Å². The molecular formula is C58H39NS. The van der Waals surface area contributed by atoms with E-state index in [-0.39, 0.29) is 0 Å². The summed E-state index contributed by atoms with van der Waals surface area (Å²) in [4.78, 5) is 2.36. The summed E-state index contributed by atoms with van der Waals surface area (Å²) in [6.07, 6.45) is 0. The SMILES string of the molecule is c1ccc(-c2ccc(N(c3ccc(-c4ccccc4-c4cccc(-c5cccc6ccccc56)c4)cc3)c3ccc(-c4cccc5sc6ccccc6c45)cc3)cc2)cc1. The lowest BCUT2D eigenvalue weighted by Crippen LogP contribution is -2.09. The molecule has 10 aromatic carbocycles. The third-order valence-corrected chi connectivity index (χ3v) is 12.8. The summed E-state index contributed by atoms with van der Waals surface area (Å²) in [5, 5.41) is 5.16. The van der Waals surface area contributed by atoms with E-state index in [2.05, 4.69) is 241 Å². The van der Waals surface area contributed by atoms with Gasteiger partial charge in [-0.2, -0.15) is 0 Å². The molecule has 0 aliphatic heterocycles. The maximum Gasteiger partial charge on any atom is 0.0462 e. The van der Waals surface area contributed by atoms with Crippen molar-refractivity contribution in [2.45, 2.75) is 0 Å². The Morgan fingerprint density at radius 2 is 0.700 bits per heavy atom. The molecule has 2 heteroatoms. The van der Waals surface area contributed by atoms with Gasteiger partial charge in [-0.3, -0.25) is 0 Å². The highest BCUT2D eigenvalue weighted by Crippen LogP contribution is 2.43. The van der Waals surface area contributed by atoms with Crippen LogP contribution in [0.3, 0.4) is 0 Å². The molecule has 1 heterocycles. The van der Waals surface area contributed by atoms with E-state index in [0.717, 1.165) is 17.1 Å². The highest BCUT2D eigenvalue weighted by atomic mass is 32.1. The second-order valence-corrected chi connectivity index (χ2v) is 16.4. The average molecular weight is 782 g/mol. The van der Waals surface area contributed by atoms with Crippen molar-refractivity contribution < 1.29 is 0 Å². The molecular weight excluding hydrogens is 743 g/mol. The second kappa shape index (κ2) is 15.3. The van der Waals surface area contributed by atoms with Crippen molar-refractivity contribution in [2.75, 3.05) is 4.90 Å². The van der Waals surface area contributed by atoms with Crippen LogP contribution < -0.4 is 4.90 Å². The van der Waals surface area contributed by atoms with Crippen LogP contribution >= 0.6 is 11.3 Å². The fourth-order valence-corrected chi connectivity index (χ4v) is 9.93. The zero-order valence-electron chi connectivity index (χ0n) is 32.9. The summed E-state index contributed by atoms with van der Waals surface area (Å²) in [5.74, 6) is 0. The first-order chi connectivity index (χ1) is 29.7. The van der Waals surface area contributed by atoms with E-state index < -0.39 is 0 Å². The Hall–Kier alpha value is -7.52. The Balaban J connectivity index is 0.968. The van der Waals surface area contributed by atoms with Gasteiger partial charge in [-0.05, 0) is 121 Å². The van der Waals surface area contributed by atoms with Crippen molar-refractivity contribution in [3.63, 3.8) is 0 Å². The molecule has 1 nitrogen and oxygen atoms in total. The van der Waals surface area contributed by atoms with E-state index in [9.17, 15) is 0 Å². The highest BCUT2D eigenvalue weighted by molar-refractivity contribution is 7.25. The fourth-order valence-electron chi connectivity index (χ4n) is 8.79. The van der Waals surface area contributed by atoms with Gasteiger partial charge in [-0.25, -0.2) is 0 Å². The Kier molecular flexibility index (Phi) is 9.11. The topological polar surface area (TPSA) is 3.24 Å². The van der Waals surface area contributed by atoms with E-state index >= 15 is 0 Å². The third kappa shape index (κ3) is 6.54. The number of hydrogen-bond acceptors (Lipinski definition) is 2. The van der Waals surface area contributed by atoms with E-state index in [1.165, 1.54) is 86.6 Å². The lowest BCUT2D eigenvalue weighted by Gasteiger charge is -2.26. The van der Waals surface area contributed by atoms with Crippen molar-refractivity contribution in [3.8, 4) is 55.6 Å². The van der Waals surface area contributed by atoms with Crippen molar-refractivity contribution in [2.24, 2.45) is 0 Å². The van der Waals surface area contributed by atoms with Crippen molar-refractivity contribution in [1.82, 2.24) is 0 Å². The van der Waals surface area contributed by atoms with E-state index in [4.69, 9.17) is 0 Å². The number of fused-ring (bicyclic) bond motifs is 4. The highest BCUT2D eigenvalue weighted by Gasteiger charge is 2.17. The van der Waals surface area contributed by atoms with Crippen LogP contribution in [0.25, 0.3) is 86.6 Å². The van der Waals surface area contributed by atoms with Crippen LogP contribution in [0.15, 0.2) is 237 Å². The van der Waals surface area contributed by atoms with Gasteiger partial charge in [0, 0.05) is 37.2 Å². The van der Waals surface area contributed by atoms with Gasteiger partial charge in [-0.15, -0.1) is 11.3 Å². The van der Waals surface area contributed by atoms with Crippen LogP contribution in [0, 0.1) is 0 Å². The first kappa shape index (κ1) is 35.6. The smallest absolute Gasteiger partial charge is 0.0462 e. The Morgan fingerprint density at radius 3 is 1.42 bits per heavy atom. The molecule has 1 aromatic heterocycles. The van der Waals surface area contributed by atoms with E-state index in [1.54, 1.807) is 0 Å². The first-order valence-electron chi connectivity index (χ1n) is 20.5. The van der Waals surface area contributed by atoms with Gasteiger partial charge in [-0.1, -0.05) is 182 Å². The number of nitrogens with zero attached hydrogens (tertiary/aromatic N) is 1. The summed E-state index contributed by atoms with van der Waals surface area (Å²) in [6.45, 7) is 0. The molecule has 60 heavy (non-hydrogen) atoms. The second-order valence-electron chi connectivity index (χ2n) is 15.3. The number of anilines is 3. The van der Waals surface area contributed by atoms with Crippen LogP contribution in [0.5, 0.6) is 0 Å². The fraction of sp³-hybridized carbons (Fsp3) is 0. The maximum absolute atomic E-state index is 2.36. The van der Waals surface area contributed by atoms with Crippen molar-refractivity contribution >= 4 is 59.3 Å². The number of hydrogen-bond donors (Lipinski definition) is 0. The zero-order valence-corrected chi connectivity index (χ0v) is 33.7. The molecule has 11 aromatic rings. The van der Waals surface area contributed by atoms with Gasteiger partial charge in [0.05, 0.1) is 0 Å². The largest absolute Gasteiger partial charge is 0.311 e. The predicted molar refractivity (Wildman–Crippen MR) is 259 cm³/mol. The molecule has 0 N–H and O–H groups in total. The van der Waals surface area contributed by atoms with Crippen molar-refractivity contribution in [3.05, 3.63) is 237 Å². The van der Waals surface area contributed by atoms with Gasteiger partial charge in [0.25, 0.3) is 0 Å². The van der Waals surface area contributed by atoms with Gasteiger partial charge in [0.2, 0.25) is 0 Å². The molecule has 282 valence electrons. The molecule has 0 bridgehead atoms. The van der Waals surface area contributed by atoms with Gasteiger partial charge in [0.1, 0.15) is 0 Å². The Bertz CT molecular complexity index is 3280. The monoisotopic (exact) mass is 781 g/mol. The van der Waals surface area contributed by atoms with E-state index in [0.29, 0.717) is 0 Å². The van der Waals surface area contributed by atoms with Crippen molar-refractivity contribution in [1.29, 1.82) is 0 Å². The van der Waals surface area contributed by atoms with Crippen LogP contribution in [-0.4, -0.2) is 0 Å². The molecule has 11 rings (SSSR count). The minimum absolute atomic E-state index is 1.10. The molecule has 0 aliphatic carbocycles. The summed E-state index contributed by atoms with van der Waals surface area (Å²) in [7, 11) is 0. The van der Waals surface area contributed by atoms with Gasteiger partial charge in [0.15, 0.2) is 0 Å². The lowest BCUT2D eigenvalue weighted by molar-refractivity contribution is 1.28. The summed E-state index contributed by atoms with van der Waals surface area (Å²) in [6, 6.07) is 86.0. The van der Waals surface area contributed by atoms with E-state index in [1.807, 2.05) is 11.3 Å². The normalized spacial score (nSPS) is 11.3. The molecule has 0 aliphatic rings. The zero-order chi connectivity index (χ0) is 39.8.